The molecule has 0 radical (unpaired) electrons. The topological polar surface area (TPSA) is 84.2 Å². The maximum absolute atomic E-state index is 13.6. The van der Waals surface area contributed by atoms with Gasteiger partial charge in [-0.3, -0.25) is 4.72 Å². The molecule has 0 amide bonds. The third-order valence-electron chi connectivity index (χ3n) is 3.35. The molecule has 4 N–H and O–H groups in total. The van der Waals surface area contributed by atoms with Gasteiger partial charge in [0.2, 0.25) is 10.0 Å². The second kappa shape index (κ2) is 5.97. The Kier molecular flexibility index (Phi) is 4.49. The van der Waals surface area contributed by atoms with E-state index in [1.807, 2.05) is 0 Å². The average molecular weight is 301 g/mol. The molecule has 0 aromatic heterocycles. The Labute approximate surface area is 118 Å². The largest absolute Gasteiger partial charge is 0.382 e. The molecule has 0 spiro atoms. The van der Waals surface area contributed by atoms with Crippen molar-refractivity contribution in [3.63, 3.8) is 0 Å². The lowest BCUT2D eigenvalue weighted by Gasteiger charge is -2.28. The number of sulfonamides is 1. The molecular weight excluding hydrogens is 281 g/mol. The molecule has 0 heterocycles. The third kappa shape index (κ3) is 4.35. The van der Waals surface area contributed by atoms with Gasteiger partial charge in [-0.15, -0.1) is 0 Å². The minimum atomic E-state index is -3.50. The lowest BCUT2D eigenvalue weighted by molar-refractivity contribution is 0.409. The first-order valence-electron chi connectivity index (χ1n) is 6.63. The van der Waals surface area contributed by atoms with Crippen molar-refractivity contribution >= 4 is 21.4 Å². The summed E-state index contributed by atoms with van der Waals surface area (Å²) in [5.74, 6) is -0.596. The molecule has 5 nitrogen and oxygen atoms in total. The van der Waals surface area contributed by atoms with Crippen LogP contribution in [0, 0.1) is 5.82 Å². The molecule has 1 fully saturated rings. The molecule has 7 heteroatoms. The van der Waals surface area contributed by atoms with E-state index in [0.717, 1.165) is 31.9 Å². The van der Waals surface area contributed by atoms with E-state index < -0.39 is 15.8 Å². The molecule has 2 unspecified atom stereocenters. The number of halogens is 1. The minimum absolute atomic E-state index is 0.0439. The number of nitrogens with two attached hydrogens (primary N) is 1. The van der Waals surface area contributed by atoms with Gasteiger partial charge in [0.15, 0.2) is 0 Å². The van der Waals surface area contributed by atoms with Gasteiger partial charge in [-0.25, -0.2) is 12.8 Å². The first kappa shape index (κ1) is 15.1. The van der Waals surface area contributed by atoms with Crippen LogP contribution in [-0.2, 0) is 10.0 Å². The zero-order valence-electron chi connectivity index (χ0n) is 11.4. The van der Waals surface area contributed by atoms with Gasteiger partial charge < -0.3 is 11.1 Å². The summed E-state index contributed by atoms with van der Waals surface area (Å²) in [5.41, 5.74) is 6.57. The standard InChI is InChI=1S/C13H20FN3O2S/c1-20(18,19)17-13-8-11(5-6-12(13)14)16-10-4-2-3-9(15)7-10/h5-6,8-10,16-17H,2-4,7,15H2,1H3. The van der Waals surface area contributed by atoms with Crippen LogP contribution in [0.3, 0.4) is 0 Å². The number of rotatable bonds is 4. The lowest BCUT2D eigenvalue weighted by Crippen LogP contribution is -2.34. The van der Waals surface area contributed by atoms with E-state index in [-0.39, 0.29) is 17.8 Å². The fraction of sp³-hybridized carbons (Fsp3) is 0.538. The van der Waals surface area contributed by atoms with Crippen LogP contribution in [0.1, 0.15) is 25.7 Å². The van der Waals surface area contributed by atoms with Crippen molar-refractivity contribution in [2.45, 2.75) is 37.8 Å². The van der Waals surface area contributed by atoms with Crippen LogP contribution in [0.25, 0.3) is 0 Å². The normalized spacial score (nSPS) is 23.4. The lowest BCUT2D eigenvalue weighted by atomic mass is 9.91. The predicted octanol–water partition coefficient (Wildman–Crippen LogP) is 1.88. The molecular formula is C13H20FN3O2S. The molecule has 1 saturated carbocycles. The number of benzene rings is 1. The van der Waals surface area contributed by atoms with Crippen molar-refractivity contribution < 1.29 is 12.8 Å². The Morgan fingerprint density at radius 3 is 2.75 bits per heavy atom. The first-order chi connectivity index (χ1) is 9.33. The van der Waals surface area contributed by atoms with Crippen LogP contribution in [0.15, 0.2) is 18.2 Å². The van der Waals surface area contributed by atoms with Gasteiger partial charge in [-0.1, -0.05) is 0 Å². The highest BCUT2D eigenvalue weighted by atomic mass is 32.2. The van der Waals surface area contributed by atoms with Gasteiger partial charge in [-0.2, -0.15) is 0 Å². The summed E-state index contributed by atoms with van der Waals surface area (Å²) < 4.78 is 38.1. The van der Waals surface area contributed by atoms with E-state index in [4.69, 9.17) is 5.73 Å². The summed E-state index contributed by atoms with van der Waals surface area (Å²) >= 11 is 0. The van der Waals surface area contributed by atoms with Crippen LogP contribution < -0.4 is 15.8 Å². The number of anilines is 2. The average Bonchev–Trinajstić information content (AvgIpc) is 2.32. The van der Waals surface area contributed by atoms with E-state index >= 15 is 0 Å². The van der Waals surface area contributed by atoms with Crippen molar-refractivity contribution in [2.75, 3.05) is 16.3 Å². The first-order valence-corrected chi connectivity index (χ1v) is 8.52. The molecule has 20 heavy (non-hydrogen) atoms. The summed E-state index contributed by atoms with van der Waals surface area (Å²) in [6.45, 7) is 0. The Hall–Kier alpha value is -1.34. The van der Waals surface area contributed by atoms with Gasteiger partial charge >= 0.3 is 0 Å². The quantitative estimate of drug-likeness (QED) is 0.793. The van der Waals surface area contributed by atoms with E-state index in [1.165, 1.54) is 12.1 Å². The summed E-state index contributed by atoms with van der Waals surface area (Å²) in [4.78, 5) is 0. The number of hydrogen-bond donors (Lipinski definition) is 3. The zero-order chi connectivity index (χ0) is 14.8. The van der Waals surface area contributed by atoms with Crippen molar-refractivity contribution in [3.05, 3.63) is 24.0 Å². The van der Waals surface area contributed by atoms with Gasteiger partial charge in [-0.05, 0) is 43.9 Å². The molecule has 2 rings (SSSR count). The smallest absolute Gasteiger partial charge is 0.229 e. The van der Waals surface area contributed by atoms with Gasteiger partial charge in [0.1, 0.15) is 5.82 Å². The summed E-state index contributed by atoms with van der Waals surface area (Å²) in [7, 11) is -3.50. The van der Waals surface area contributed by atoms with Crippen molar-refractivity contribution in [1.29, 1.82) is 0 Å². The summed E-state index contributed by atoms with van der Waals surface area (Å²) in [5, 5.41) is 3.28. The van der Waals surface area contributed by atoms with E-state index in [1.54, 1.807) is 6.07 Å². The molecule has 1 aliphatic carbocycles. The molecule has 2 atom stereocenters. The van der Waals surface area contributed by atoms with Crippen molar-refractivity contribution in [1.82, 2.24) is 0 Å². The van der Waals surface area contributed by atoms with E-state index in [9.17, 15) is 12.8 Å². The Morgan fingerprint density at radius 1 is 1.35 bits per heavy atom. The van der Waals surface area contributed by atoms with Crippen LogP contribution in [0.4, 0.5) is 15.8 Å². The number of nitrogens with one attached hydrogen (secondary N) is 2. The molecule has 1 aromatic rings. The second-order valence-electron chi connectivity index (χ2n) is 5.34. The molecule has 1 aromatic carbocycles. The molecule has 1 aliphatic rings. The van der Waals surface area contributed by atoms with Crippen molar-refractivity contribution in [3.8, 4) is 0 Å². The van der Waals surface area contributed by atoms with Crippen LogP contribution in [-0.4, -0.2) is 26.8 Å². The van der Waals surface area contributed by atoms with Gasteiger partial charge in [0.05, 0.1) is 11.9 Å². The van der Waals surface area contributed by atoms with Gasteiger partial charge in [0, 0.05) is 17.8 Å². The second-order valence-corrected chi connectivity index (χ2v) is 7.09. The van der Waals surface area contributed by atoms with Gasteiger partial charge in [0.25, 0.3) is 0 Å². The maximum Gasteiger partial charge on any atom is 0.229 e. The van der Waals surface area contributed by atoms with E-state index in [0.29, 0.717) is 5.69 Å². The highest BCUT2D eigenvalue weighted by Gasteiger charge is 2.19. The molecule has 0 saturated heterocycles. The monoisotopic (exact) mass is 301 g/mol. The summed E-state index contributed by atoms with van der Waals surface area (Å²) in [6.07, 6.45) is 4.97. The Bertz CT molecular complexity index is 577. The van der Waals surface area contributed by atoms with E-state index in [2.05, 4.69) is 10.0 Å². The third-order valence-corrected chi connectivity index (χ3v) is 3.94. The molecule has 0 aliphatic heterocycles. The fourth-order valence-corrected chi connectivity index (χ4v) is 3.04. The maximum atomic E-state index is 13.6. The Morgan fingerprint density at radius 2 is 2.10 bits per heavy atom. The van der Waals surface area contributed by atoms with Crippen molar-refractivity contribution in [2.24, 2.45) is 5.73 Å². The van der Waals surface area contributed by atoms with Crippen LogP contribution >= 0.6 is 0 Å². The molecule has 0 bridgehead atoms. The highest BCUT2D eigenvalue weighted by molar-refractivity contribution is 7.92. The van der Waals surface area contributed by atoms with Crippen LogP contribution in [0.5, 0.6) is 0 Å². The van der Waals surface area contributed by atoms with Crippen LogP contribution in [0.2, 0.25) is 0 Å². The highest BCUT2D eigenvalue weighted by Crippen LogP contribution is 2.25. The zero-order valence-corrected chi connectivity index (χ0v) is 12.2. The predicted molar refractivity (Wildman–Crippen MR) is 78.7 cm³/mol. The summed E-state index contributed by atoms with van der Waals surface area (Å²) in [6, 6.07) is 4.75. The minimum Gasteiger partial charge on any atom is -0.382 e. The Balaban J connectivity index is 2.10. The molecule has 112 valence electrons. The number of hydrogen-bond acceptors (Lipinski definition) is 4. The SMILES string of the molecule is CS(=O)(=O)Nc1cc(NC2CCCC(N)C2)ccc1F. The fourth-order valence-electron chi connectivity index (χ4n) is 2.49.